The molecule has 0 spiro atoms. The number of halogens is 2. The normalized spacial score (nSPS) is 19.2. The van der Waals surface area contributed by atoms with Gasteiger partial charge in [0.05, 0.1) is 18.0 Å². The molecule has 1 saturated heterocycles. The van der Waals surface area contributed by atoms with Gasteiger partial charge in [-0.3, -0.25) is 15.4 Å². The first-order chi connectivity index (χ1) is 14.5. The number of fused-ring (bicyclic) bond motifs is 1. The number of rotatable bonds is 6. The molecule has 1 aromatic heterocycles. The van der Waals surface area contributed by atoms with Crippen LogP contribution in [0.4, 0.5) is 4.39 Å². The van der Waals surface area contributed by atoms with Crippen LogP contribution in [0, 0.1) is 5.82 Å². The molecule has 2 aliphatic rings. The topological polar surface area (TPSA) is 103 Å². The average molecular weight is 436 g/mol. The van der Waals surface area contributed by atoms with Crippen molar-refractivity contribution in [2.24, 2.45) is 5.73 Å². The molecule has 0 saturated carbocycles. The summed E-state index contributed by atoms with van der Waals surface area (Å²) in [6.45, 7) is 2.77. The van der Waals surface area contributed by atoms with E-state index < -0.39 is 12.0 Å². The second-order valence-corrected chi connectivity index (χ2v) is 7.86. The van der Waals surface area contributed by atoms with Crippen LogP contribution in [0.15, 0.2) is 24.5 Å². The molecule has 0 radical (unpaired) electrons. The number of nitrogens with one attached hydrogen (secondary N) is 1. The number of ether oxygens (including phenoxy) is 2. The van der Waals surface area contributed by atoms with Gasteiger partial charge in [-0.25, -0.2) is 14.4 Å². The third-order valence-electron chi connectivity index (χ3n) is 5.22. The summed E-state index contributed by atoms with van der Waals surface area (Å²) in [5.41, 5.74) is 7.14. The number of carbonyl (C=O) groups excluding carboxylic acids is 1. The summed E-state index contributed by atoms with van der Waals surface area (Å²) in [6.07, 6.45) is 3.88. The Labute approximate surface area is 178 Å². The second kappa shape index (κ2) is 9.11. The number of nitrogens with two attached hydrogens (primary N) is 1. The summed E-state index contributed by atoms with van der Waals surface area (Å²) < 4.78 is 23.9. The molecule has 1 atom stereocenters. The van der Waals surface area contributed by atoms with Crippen molar-refractivity contribution in [3.8, 4) is 11.8 Å². The second-order valence-electron chi connectivity index (χ2n) is 7.42. The van der Waals surface area contributed by atoms with Gasteiger partial charge in [0.2, 0.25) is 0 Å². The van der Waals surface area contributed by atoms with Crippen molar-refractivity contribution in [2.75, 3.05) is 26.2 Å². The van der Waals surface area contributed by atoms with Gasteiger partial charge in [-0.15, -0.1) is 0 Å². The maximum Gasteiger partial charge on any atom is 0.316 e. The standard InChI is InChI=1S/C20H23ClFN5O3/c21-13-7-12-8-17(23)30-18(12)16(9-13)19(28)26-15-1-3-27(4-2-15)5-6-29-20-24-10-14(22)11-25-20/h7,9-11,15,17H,1-6,8,23H2,(H,26,28). The molecule has 0 aliphatic carbocycles. The van der Waals surface area contributed by atoms with Gasteiger partial charge in [-0.1, -0.05) is 11.6 Å². The van der Waals surface area contributed by atoms with Crippen molar-refractivity contribution < 1.29 is 18.7 Å². The van der Waals surface area contributed by atoms with Gasteiger partial charge in [0.25, 0.3) is 5.91 Å². The number of piperidine rings is 1. The first-order valence-corrected chi connectivity index (χ1v) is 10.2. The van der Waals surface area contributed by atoms with Crippen LogP contribution < -0.4 is 20.5 Å². The Hall–Kier alpha value is -2.49. The Balaban J connectivity index is 1.24. The summed E-state index contributed by atoms with van der Waals surface area (Å²) >= 11 is 6.16. The summed E-state index contributed by atoms with van der Waals surface area (Å²) in [5, 5.41) is 3.58. The predicted octanol–water partition coefficient (Wildman–Crippen LogP) is 1.76. The van der Waals surface area contributed by atoms with E-state index in [4.69, 9.17) is 26.8 Å². The van der Waals surface area contributed by atoms with Crippen LogP contribution >= 0.6 is 11.6 Å². The lowest BCUT2D eigenvalue weighted by atomic mass is 10.0. The van der Waals surface area contributed by atoms with Gasteiger partial charge >= 0.3 is 6.01 Å². The molecule has 0 bridgehead atoms. The minimum Gasteiger partial charge on any atom is -0.474 e. The maximum absolute atomic E-state index is 12.8. The van der Waals surface area contributed by atoms with E-state index in [-0.39, 0.29) is 18.0 Å². The van der Waals surface area contributed by atoms with Gasteiger partial charge in [0, 0.05) is 42.7 Å². The molecule has 1 fully saturated rings. The molecule has 10 heteroatoms. The highest BCUT2D eigenvalue weighted by molar-refractivity contribution is 6.31. The van der Waals surface area contributed by atoms with Gasteiger partial charge in [0.15, 0.2) is 12.0 Å². The molecular formula is C20H23ClFN5O3. The zero-order valence-electron chi connectivity index (χ0n) is 16.3. The van der Waals surface area contributed by atoms with Crippen LogP contribution in [0.2, 0.25) is 5.02 Å². The van der Waals surface area contributed by atoms with Crippen LogP contribution in [0.3, 0.4) is 0 Å². The van der Waals surface area contributed by atoms with Gasteiger partial charge < -0.3 is 14.8 Å². The summed E-state index contributed by atoms with van der Waals surface area (Å²) in [6, 6.07) is 3.64. The van der Waals surface area contributed by atoms with Crippen molar-refractivity contribution >= 4 is 17.5 Å². The first-order valence-electron chi connectivity index (χ1n) is 9.86. The molecule has 1 unspecified atom stereocenters. The highest BCUT2D eigenvalue weighted by Gasteiger charge is 2.28. The molecule has 2 aromatic rings. The number of benzene rings is 1. The van der Waals surface area contributed by atoms with Crippen molar-refractivity contribution in [1.82, 2.24) is 20.2 Å². The lowest BCUT2D eigenvalue weighted by Crippen LogP contribution is -2.45. The number of amides is 1. The molecule has 2 aliphatic heterocycles. The quantitative estimate of drug-likeness (QED) is 0.712. The highest BCUT2D eigenvalue weighted by atomic mass is 35.5. The number of carbonyl (C=O) groups is 1. The lowest BCUT2D eigenvalue weighted by Gasteiger charge is -2.32. The zero-order chi connectivity index (χ0) is 21.1. The Bertz CT molecular complexity index is 906. The summed E-state index contributed by atoms with van der Waals surface area (Å²) in [7, 11) is 0. The van der Waals surface area contributed by atoms with Crippen LogP contribution in [0.5, 0.6) is 11.8 Å². The van der Waals surface area contributed by atoms with Crippen LogP contribution in [-0.2, 0) is 6.42 Å². The van der Waals surface area contributed by atoms with Crippen molar-refractivity contribution in [1.29, 1.82) is 0 Å². The number of aromatic nitrogens is 2. The Kier molecular flexibility index (Phi) is 6.31. The van der Waals surface area contributed by atoms with E-state index in [9.17, 15) is 9.18 Å². The number of likely N-dealkylation sites (tertiary alicyclic amines) is 1. The minimum atomic E-state index is -0.497. The Morgan fingerprint density at radius 2 is 2.07 bits per heavy atom. The molecule has 3 N–H and O–H groups in total. The van der Waals surface area contributed by atoms with E-state index >= 15 is 0 Å². The fraction of sp³-hybridized carbons (Fsp3) is 0.450. The summed E-state index contributed by atoms with van der Waals surface area (Å²) in [4.78, 5) is 22.6. The van der Waals surface area contributed by atoms with E-state index in [0.29, 0.717) is 35.9 Å². The van der Waals surface area contributed by atoms with E-state index in [1.54, 1.807) is 12.1 Å². The first kappa shape index (κ1) is 20.8. The van der Waals surface area contributed by atoms with Gasteiger partial charge in [-0.05, 0) is 25.0 Å². The number of hydrogen-bond acceptors (Lipinski definition) is 7. The highest BCUT2D eigenvalue weighted by Crippen LogP contribution is 2.34. The SMILES string of the molecule is NC1Cc2cc(Cl)cc(C(=O)NC3CCN(CCOc4ncc(F)cn4)CC3)c2O1. The van der Waals surface area contributed by atoms with E-state index in [1.165, 1.54) is 0 Å². The molecular weight excluding hydrogens is 413 g/mol. The van der Waals surface area contributed by atoms with Gasteiger partial charge in [-0.2, -0.15) is 0 Å². The third-order valence-corrected chi connectivity index (χ3v) is 5.44. The summed E-state index contributed by atoms with van der Waals surface area (Å²) in [5.74, 6) is -0.163. The van der Waals surface area contributed by atoms with E-state index in [0.717, 1.165) is 43.9 Å². The van der Waals surface area contributed by atoms with Crippen molar-refractivity contribution in [3.05, 3.63) is 46.5 Å². The predicted molar refractivity (Wildman–Crippen MR) is 108 cm³/mol. The van der Waals surface area contributed by atoms with Gasteiger partial charge in [0.1, 0.15) is 12.4 Å². The largest absolute Gasteiger partial charge is 0.474 e. The monoisotopic (exact) mass is 435 g/mol. The average Bonchev–Trinajstić information content (AvgIpc) is 3.10. The minimum absolute atomic E-state index is 0.0693. The van der Waals surface area contributed by atoms with E-state index in [1.807, 2.05) is 0 Å². The molecule has 1 aromatic carbocycles. The zero-order valence-corrected chi connectivity index (χ0v) is 17.1. The van der Waals surface area contributed by atoms with E-state index in [2.05, 4.69) is 20.2 Å². The van der Waals surface area contributed by atoms with Crippen LogP contribution in [-0.4, -0.2) is 59.3 Å². The maximum atomic E-state index is 12.8. The molecule has 8 nitrogen and oxygen atoms in total. The molecule has 160 valence electrons. The molecule has 30 heavy (non-hydrogen) atoms. The Morgan fingerprint density at radius 3 is 2.80 bits per heavy atom. The van der Waals surface area contributed by atoms with Crippen LogP contribution in [0.1, 0.15) is 28.8 Å². The smallest absolute Gasteiger partial charge is 0.316 e. The third kappa shape index (κ3) is 4.97. The molecule has 4 rings (SSSR count). The molecule has 1 amide bonds. The molecule has 3 heterocycles. The fourth-order valence-corrected chi connectivity index (χ4v) is 3.97. The number of hydrogen-bond donors (Lipinski definition) is 2. The van der Waals surface area contributed by atoms with Crippen molar-refractivity contribution in [3.63, 3.8) is 0 Å². The number of nitrogens with zero attached hydrogens (tertiary/aromatic N) is 3. The Morgan fingerprint density at radius 1 is 1.33 bits per heavy atom. The lowest BCUT2D eigenvalue weighted by molar-refractivity contribution is 0.0899. The van der Waals surface area contributed by atoms with Crippen molar-refractivity contribution in [2.45, 2.75) is 31.5 Å². The fourth-order valence-electron chi connectivity index (χ4n) is 3.72. The van der Waals surface area contributed by atoms with Crippen LogP contribution in [0.25, 0.3) is 0 Å².